The van der Waals surface area contributed by atoms with Gasteiger partial charge in [-0.1, -0.05) is 41.4 Å². The van der Waals surface area contributed by atoms with E-state index in [1.54, 1.807) is 60.7 Å². The maximum absolute atomic E-state index is 13.4. The molecule has 0 heterocycles. The molecule has 1 N–H and O–H groups in total. The van der Waals surface area contributed by atoms with Gasteiger partial charge in [0.25, 0.3) is 10.0 Å². The molecule has 1 amide bonds. The van der Waals surface area contributed by atoms with Crippen LogP contribution in [-0.2, 0) is 14.8 Å². The van der Waals surface area contributed by atoms with E-state index in [-0.39, 0.29) is 4.90 Å². The normalized spacial score (nSPS) is 11.1. The molecule has 0 unspecified atom stereocenters. The Morgan fingerprint density at radius 1 is 1.00 bits per heavy atom. The fraction of sp³-hybridized carbons (Fsp3) is 0.174. The molecule has 0 spiro atoms. The zero-order chi connectivity index (χ0) is 22.4. The van der Waals surface area contributed by atoms with Crippen LogP contribution in [0.3, 0.4) is 0 Å². The summed E-state index contributed by atoms with van der Waals surface area (Å²) in [5, 5.41) is 3.21. The quantitative estimate of drug-likeness (QED) is 0.522. The van der Waals surface area contributed by atoms with Gasteiger partial charge in [-0.25, -0.2) is 8.42 Å². The first-order valence-electron chi connectivity index (χ1n) is 9.68. The molecule has 0 fully saturated rings. The maximum Gasteiger partial charge on any atom is 0.264 e. The van der Waals surface area contributed by atoms with Gasteiger partial charge >= 0.3 is 0 Å². The van der Waals surface area contributed by atoms with E-state index in [4.69, 9.17) is 16.3 Å². The second-order valence-corrected chi connectivity index (χ2v) is 9.08. The summed E-state index contributed by atoms with van der Waals surface area (Å²) in [7, 11) is -3.99. The van der Waals surface area contributed by atoms with Gasteiger partial charge in [0.1, 0.15) is 12.3 Å². The summed E-state index contributed by atoms with van der Waals surface area (Å²) in [6.45, 7) is 3.73. The number of carbonyl (C=O) groups excluding carboxylic acids is 1. The first-order valence-corrected chi connectivity index (χ1v) is 11.5. The van der Waals surface area contributed by atoms with Crippen molar-refractivity contribution in [3.8, 4) is 5.75 Å². The minimum atomic E-state index is -3.99. The average molecular weight is 459 g/mol. The predicted molar refractivity (Wildman–Crippen MR) is 123 cm³/mol. The summed E-state index contributed by atoms with van der Waals surface area (Å²) in [6, 6.07) is 19.8. The van der Waals surface area contributed by atoms with Crippen LogP contribution in [0.1, 0.15) is 12.5 Å². The number of ether oxygens (including phenoxy) is 1. The Balaban J connectivity index is 1.93. The van der Waals surface area contributed by atoms with Crippen molar-refractivity contribution < 1.29 is 17.9 Å². The van der Waals surface area contributed by atoms with Crippen molar-refractivity contribution in [3.63, 3.8) is 0 Å². The van der Waals surface area contributed by atoms with Crippen molar-refractivity contribution in [2.45, 2.75) is 18.7 Å². The number of para-hydroxylation sites is 2. The van der Waals surface area contributed by atoms with Crippen LogP contribution in [-0.4, -0.2) is 27.5 Å². The molecule has 0 aromatic heterocycles. The lowest BCUT2D eigenvalue weighted by Crippen LogP contribution is -2.38. The number of anilines is 2. The van der Waals surface area contributed by atoms with Gasteiger partial charge in [0, 0.05) is 5.02 Å². The number of hydrogen-bond donors (Lipinski definition) is 1. The Hall–Kier alpha value is -3.03. The molecule has 31 heavy (non-hydrogen) atoms. The number of halogens is 1. The average Bonchev–Trinajstić information content (AvgIpc) is 2.75. The molecular formula is C23H23ClN2O4S. The summed E-state index contributed by atoms with van der Waals surface area (Å²) >= 11 is 5.96. The van der Waals surface area contributed by atoms with Gasteiger partial charge in [0.15, 0.2) is 0 Å². The van der Waals surface area contributed by atoms with Crippen molar-refractivity contribution in [1.29, 1.82) is 0 Å². The molecule has 0 aliphatic heterocycles. The van der Waals surface area contributed by atoms with Crippen molar-refractivity contribution in [3.05, 3.63) is 83.4 Å². The number of nitrogens with one attached hydrogen (secondary N) is 1. The molecule has 3 aromatic carbocycles. The molecule has 0 aliphatic carbocycles. The Kier molecular flexibility index (Phi) is 7.20. The summed E-state index contributed by atoms with van der Waals surface area (Å²) in [5.74, 6) is 0.00979. The first kappa shape index (κ1) is 22.7. The Labute approximate surface area is 187 Å². The summed E-state index contributed by atoms with van der Waals surface area (Å²) < 4.78 is 33.3. The molecule has 8 heteroatoms. The molecule has 6 nitrogen and oxygen atoms in total. The molecule has 0 aliphatic rings. The summed E-state index contributed by atoms with van der Waals surface area (Å²) in [5.41, 5.74) is 1.73. The van der Waals surface area contributed by atoms with Gasteiger partial charge in [-0.2, -0.15) is 0 Å². The second kappa shape index (κ2) is 9.85. The largest absolute Gasteiger partial charge is 0.492 e. The highest BCUT2D eigenvalue weighted by molar-refractivity contribution is 7.92. The van der Waals surface area contributed by atoms with E-state index in [2.05, 4.69) is 5.32 Å². The number of amides is 1. The molecule has 3 aromatic rings. The van der Waals surface area contributed by atoms with Crippen LogP contribution in [0.2, 0.25) is 5.02 Å². The van der Waals surface area contributed by atoms with Crippen LogP contribution < -0.4 is 14.4 Å². The molecule has 0 bridgehead atoms. The number of rotatable bonds is 8. The summed E-state index contributed by atoms with van der Waals surface area (Å²) in [6.07, 6.45) is 0. The van der Waals surface area contributed by atoms with Crippen LogP contribution in [0.15, 0.2) is 77.7 Å². The lowest BCUT2D eigenvalue weighted by atomic mass is 10.2. The number of hydrogen-bond acceptors (Lipinski definition) is 4. The highest BCUT2D eigenvalue weighted by Gasteiger charge is 2.27. The van der Waals surface area contributed by atoms with Crippen LogP contribution in [0, 0.1) is 6.92 Å². The van der Waals surface area contributed by atoms with Crippen LogP contribution >= 0.6 is 11.6 Å². The number of benzene rings is 3. The smallest absolute Gasteiger partial charge is 0.264 e. The van der Waals surface area contributed by atoms with E-state index in [1.165, 1.54) is 12.1 Å². The van der Waals surface area contributed by atoms with Gasteiger partial charge in [-0.05, 0) is 62.4 Å². The zero-order valence-electron chi connectivity index (χ0n) is 17.2. The number of carbonyl (C=O) groups is 1. The standard InChI is InChI=1S/C23H23ClN2O4S/c1-3-30-22-7-5-4-6-21(22)25-23(27)16-26(19-12-10-18(24)11-13-19)31(28,29)20-14-8-17(2)9-15-20/h4-15H,3,16H2,1-2H3,(H,25,27). The number of nitrogens with zero attached hydrogens (tertiary/aromatic N) is 1. The highest BCUT2D eigenvalue weighted by Crippen LogP contribution is 2.27. The Morgan fingerprint density at radius 3 is 2.29 bits per heavy atom. The highest BCUT2D eigenvalue weighted by atomic mass is 35.5. The first-order chi connectivity index (χ1) is 14.8. The van der Waals surface area contributed by atoms with Crippen molar-refractivity contribution >= 4 is 38.9 Å². The topological polar surface area (TPSA) is 75.7 Å². The van der Waals surface area contributed by atoms with Crippen molar-refractivity contribution in [2.75, 3.05) is 22.8 Å². The fourth-order valence-electron chi connectivity index (χ4n) is 2.93. The van der Waals surface area contributed by atoms with Crippen molar-refractivity contribution in [1.82, 2.24) is 0 Å². The van der Waals surface area contributed by atoms with Crippen LogP contribution in [0.25, 0.3) is 0 Å². The molecule has 3 rings (SSSR count). The lowest BCUT2D eigenvalue weighted by molar-refractivity contribution is -0.114. The van der Waals surface area contributed by atoms with Crippen LogP contribution in [0.5, 0.6) is 5.75 Å². The minimum Gasteiger partial charge on any atom is -0.492 e. The van der Waals surface area contributed by atoms with E-state index in [9.17, 15) is 13.2 Å². The third-order valence-electron chi connectivity index (χ3n) is 4.47. The molecule has 0 radical (unpaired) electrons. The monoisotopic (exact) mass is 458 g/mol. The lowest BCUT2D eigenvalue weighted by Gasteiger charge is -2.24. The second-order valence-electron chi connectivity index (χ2n) is 6.78. The van der Waals surface area contributed by atoms with E-state index in [0.29, 0.717) is 28.8 Å². The summed E-state index contributed by atoms with van der Waals surface area (Å²) in [4.78, 5) is 12.9. The Morgan fingerprint density at radius 2 is 1.65 bits per heavy atom. The maximum atomic E-state index is 13.4. The zero-order valence-corrected chi connectivity index (χ0v) is 18.8. The predicted octanol–water partition coefficient (Wildman–Crippen LogP) is 4.88. The minimum absolute atomic E-state index is 0.0931. The molecule has 0 atom stereocenters. The molecule has 162 valence electrons. The van der Waals surface area contributed by atoms with Gasteiger partial charge < -0.3 is 10.1 Å². The van der Waals surface area contributed by atoms with Gasteiger partial charge in [-0.3, -0.25) is 9.10 Å². The molecule has 0 saturated carbocycles. The van der Waals surface area contributed by atoms with Gasteiger partial charge in [-0.15, -0.1) is 0 Å². The SMILES string of the molecule is CCOc1ccccc1NC(=O)CN(c1ccc(Cl)cc1)S(=O)(=O)c1ccc(C)cc1. The number of aryl methyl sites for hydroxylation is 1. The third-order valence-corrected chi connectivity index (χ3v) is 6.51. The molecular weight excluding hydrogens is 436 g/mol. The van der Waals surface area contributed by atoms with Crippen LogP contribution in [0.4, 0.5) is 11.4 Å². The molecule has 0 saturated heterocycles. The van der Waals surface area contributed by atoms with Gasteiger partial charge in [0.05, 0.1) is 22.9 Å². The van der Waals surface area contributed by atoms with E-state index in [0.717, 1.165) is 9.87 Å². The Bertz CT molecular complexity index is 1150. The third kappa shape index (κ3) is 5.57. The van der Waals surface area contributed by atoms with Gasteiger partial charge in [0.2, 0.25) is 5.91 Å². The fourth-order valence-corrected chi connectivity index (χ4v) is 4.48. The number of sulfonamides is 1. The van der Waals surface area contributed by atoms with E-state index >= 15 is 0 Å². The van der Waals surface area contributed by atoms with E-state index < -0.39 is 22.5 Å². The van der Waals surface area contributed by atoms with E-state index in [1.807, 2.05) is 13.8 Å². The van der Waals surface area contributed by atoms with Crippen molar-refractivity contribution in [2.24, 2.45) is 0 Å².